The van der Waals surface area contributed by atoms with Gasteiger partial charge in [-0.2, -0.15) is 0 Å². The predicted octanol–water partition coefficient (Wildman–Crippen LogP) is 2.74. The summed E-state index contributed by atoms with van der Waals surface area (Å²) in [7, 11) is 0. The zero-order valence-electron chi connectivity index (χ0n) is 15.7. The highest BCUT2D eigenvalue weighted by molar-refractivity contribution is 5.92. The fraction of sp³-hybridized carbons (Fsp3) is 0.476. The lowest BCUT2D eigenvalue weighted by Gasteiger charge is -2.25. The molecule has 1 saturated heterocycles. The van der Waals surface area contributed by atoms with Gasteiger partial charge in [-0.15, -0.1) is 5.10 Å². The molecule has 0 radical (unpaired) electrons. The van der Waals surface area contributed by atoms with E-state index in [2.05, 4.69) is 46.0 Å². The summed E-state index contributed by atoms with van der Waals surface area (Å²) in [6.07, 6.45) is 9.64. The van der Waals surface area contributed by atoms with Crippen molar-refractivity contribution in [3.63, 3.8) is 0 Å². The van der Waals surface area contributed by atoms with Gasteiger partial charge in [-0.05, 0) is 43.4 Å². The number of nitrogens with zero attached hydrogens (tertiary/aromatic N) is 4. The second-order valence-electron chi connectivity index (χ2n) is 7.40. The maximum atomic E-state index is 12.7. The molecule has 1 amide bonds. The van der Waals surface area contributed by atoms with Gasteiger partial charge in [0.15, 0.2) is 5.69 Å². The van der Waals surface area contributed by atoms with Gasteiger partial charge in [0.05, 0.1) is 6.20 Å². The molecule has 2 aliphatic rings. The van der Waals surface area contributed by atoms with Gasteiger partial charge in [0.2, 0.25) is 0 Å². The van der Waals surface area contributed by atoms with Crippen LogP contribution in [0.2, 0.25) is 0 Å². The summed E-state index contributed by atoms with van der Waals surface area (Å²) in [4.78, 5) is 14.6. The van der Waals surface area contributed by atoms with Gasteiger partial charge < -0.3 is 10.2 Å². The summed E-state index contributed by atoms with van der Waals surface area (Å²) in [5.41, 5.74) is 3.00. The smallest absolute Gasteiger partial charge is 0.276 e. The number of benzene rings is 1. The number of aromatic nitrogens is 3. The average Bonchev–Trinajstić information content (AvgIpc) is 3.22. The van der Waals surface area contributed by atoms with Gasteiger partial charge in [-0.25, -0.2) is 0 Å². The molecule has 1 aromatic heterocycles. The molecule has 4 rings (SSSR count). The van der Waals surface area contributed by atoms with E-state index >= 15 is 0 Å². The number of rotatable bonds is 5. The Morgan fingerprint density at radius 3 is 2.85 bits per heavy atom. The molecule has 1 aromatic carbocycles. The zero-order valence-corrected chi connectivity index (χ0v) is 15.7. The van der Waals surface area contributed by atoms with Crippen LogP contribution in [0.15, 0.2) is 42.6 Å². The molecule has 1 atom stereocenters. The number of amides is 1. The Bertz CT molecular complexity index is 792. The monoisotopic (exact) mass is 365 g/mol. The summed E-state index contributed by atoms with van der Waals surface area (Å²) < 4.78 is 1.80. The molecule has 1 unspecified atom stereocenters. The standard InChI is InChI=1S/C21H27N5O/c27-21(25-13-9-18(10-14-25)17-6-2-1-3-7-17)20-16-26(24-23-20)15-11-19-8-4-5-12-22-19/h1-3,6-7,9,16,19,22H,4-5,8,10-15H2. The lowest BCUT2D eigenvalue weighted by molar-refractivity contribution is 0.0767. The van der Waals surface area contributed by atoms with Gasteiger partial charge in [0, 0.05) is 25.7 Å². The summed E-state index contributed by atoms with van der Waals surface area (Å²) in [6, 6.07) is 10.9. The first kappa shape index (κ1) is 17.9. The molecule has 2 aliphatic heterocycles. The fourth-order valence-electron chi connectivity index (χ4n) is 3.89. The van der Waals surface area contributed by atoms with Gasteiger partial charge in [-0.3, -0.25) is 9.48 Å². The van der Waals surface area contributed by atoms with E-state index in [-0.39, 0.29) is 5.91 Å². The third kappa shape index (κ3) is 4.45. The van der Waals surface area contributed by atoms with Gasteiger partial charge >= 0.3 is 0 Å². The highest BCUT2D eigenvalue weighted by Gasteiger charge is 2.22. The Hall–Kier alpha value is -2.47. The van der Waals surface area contributed by atoms with E-state index in [9.17, 15) is 4.79 Å². The van der Waals surface area contributed by atoms with Crippen molar-refractivity contribution in [2.24, 2.45) is 0 Å². The minimum atomic E-state index is -0.0274. The largest absolute Gasteiger partial charge is 0.333 e. The van der Waals surface area contributed by atoms with Gasteiger partial charge in [0.1, 0.15) is 0 Å². The zero-order chi connectivity index (χ0) is 18.5. The van der Waals surface area contributed by atoms with Crippen LogP contribution in [0.25, 0.3) is 5.57 Å². The molecule has 3 heterocycles. The van der Waals surface area contributed by atoms with Gasteiger partial charge in [-0.1, -0.05) is 48.0 Å². The van der Waals surface area contributed by atoms with Crippen LogP contribution in [0.5, 0.6) is 0 Å². The lowest BCUT2D eigenvalue weighted by Crippen LogP contribution is -2.35. The van der Waals surface area contributed by atoms with E-state index in [1.165, 1.54) is 30.4 Å². The van der Waals surface area contributed by atoms with E-state index in [4.69, 9.17) is 0 Å². The Morgan fingerprint density at radius 2 is 2.11 bits per heavy atom. The molecule has 27 heavy (non-hydrogen) atoms. The van der Waals surface area contributed by atoms with E-state index < -0.39 is 0 Å². The molecule has 6 nitrogen and oxygen atoms in total. The summed E-state index contributed by atoms with van der Waals surface area (Å²) in [5, 5.41) is 11.8. The van der Waals surface area contributed by atoms with Crippen molar-refractivity contribution in [2.45, 2.75) is 44.7 Å². The van der Waals surface area contributed by atoms with Crippen molar-refractivity contribution in [1.82, 2.24) is 25.2 Å². The molecule has 0 aliphatic carbocycles. The summed E-state index contributed by atoms with van der Waals surface area (Å²) in [5.74, 6) is -0.0274. The van der Waals surface area contributed by atoms with Crippen LogP contribution in [-0.4, -0.2) is 51.5 Å². The third-order valence-electron chi connectivity index (χ3n) is 5.52. The molecule has 0 spiro atoms. The number of hydrogen-bond acceptors (Lipinski definition) is 4. The van der Waals surface area contributed by atoms with Crippen molar-refractivity contribution in [3.8, 4) is 0 Å². The minimum absolute atomic E-state index is 0.0274. The number of piperidine rings is 1. The third-order valence-corrected chi connectivity index (χ3v) is 5.52. The van der Waals surface area contributed by atoms with Crippen LogP contribution >= 0.6 is 0 Å². The van der Waals surface area contributed by atoms with Crippen molar-refractivity contribution in [1.29, 1.82) is 0 Å². The second-order valence-corrected chi connectivity index (χ2v) is 7.40. The number of carbonyl (C=O) groups excluding carboxylic acids is 1. The number of aryl methyl sites for hydroxylation is 1. The van der Waals surface area contributed by atoms with E-state index in [1.54, 1.807) is 10.9 Å². The molecular formula is C21H27N5O. The van der Waals surface area contributed by atoms with Crippen molar-refractivity contribution in [3.05, 3.63) is 53.9 Å². The topological polar surface area (TPSA) is 63.1 Å². The minimum Gasteiger partial charge on any atom is -0.333 e. The molecule has 0 saturated carbocycles. The van der Waals surface area contributed by atoms with Crippen LogP contribution in [0.3, 0.4) is 0 Å². The molecule has 0 bridgehead atoms. The predicted molar refractivity (Wildman–Crippen MR) is 105 cm³/mol. The molecule has 142 valence electrons. The van der Waals surface area contributed by atoms with E-state index in [0.29, 0.717) is 18.3 Å². The Balaban J connectivity index is 1.32. The maximum absolute atomic E-state index is 12.7. The number of carbonyl (C=O) groups is 1. The van der Waals surface area contributed by atoms with Crippen LogP contribution in [-0.2, 0) is 6.54 Å². The molecule has 2 aromatic rings. The summed E-state index contributed by atoms with van der Waals surface area (Å²) >= 11 is 0. The first-order chi connectivity index (χ1) is 13.3. The lowest BCUT2D eigenvalue weighted by atomic mass is 9.99. The highest BCUT2D eigenvalue weighted by atomic mass is 16.2. The van der Waals surface area contributed by atoms with E-state index in [0.717, 1.165) is 32.5 Å². The number of hydrogen-bond donors (Lipinski definition) is 1. The molecule has 1 N–H and O–H groups in total. The molecule has 1 fully saturated rings. The van der Waals surface area contributed by atoms with Crippen LogP contribution in [0, 0.1) is 0 Å². The fourth-order valence-corrected chi connectivity index (χ4v) is 3.89. The first-order valence-electron chi connectivity index (χ1n) is 9.97. The van der Waals surface area contributed by atoms with E-state index in [1.807, 2.05) is 11.0 Å². The Labute approximate surface area is 160 Å². The maximum Gasteiger partial charge on any atom is 0.276 e. The number of nitrogens with one attached hydrogen (secondary N) is 1. The van der Waals surface area contributed by atoms with Crippen LogP contribution < -0.4 is 5.32 Å². The first-order valence-corrected chi connectivity index (χ1v) is 9.97. The van der Waals surface area contributed by atoms with Crippen LogP contribution in [0.4, 0.5) is 0 Å². The highest BCUT2D eigenvalue weighted by Crippen LogP contribution is 2.22. The second kappa shape index (κ2) is 8.48. The average molecular weight is 365 g/mol. The van der Waals surface area contributed by atoms with Crippen molar-refractivity contribution >= 4 is 11.5 Å². The normalized spacial score (nSPS) is 20.4. The van der Waals surface area contributed by atoms with Crippen LogP contribution in [0.1, 0.15) is 48.2 Å². The quantitative estimate of drug-likeness (QED) is 0.885. The SMILES string of the molecule is O=C(c1cn(CCC2CCCCN2)nn1)N1CC=C(c2ccccc2)CC1. The van der Waals surface area contributed by atoms with Crippen molar-refractivity contribution in [2.75, 3.05) is 19.6 Å². The summed E-state index contributed by atoms with van der Waals surface area (Å²) in [6.45, 7) is 3.26. The Kier molecular flexibility index (Phi) is 5.63. The molecule has 6 heteroatoms. The Morgan fingerprint density at radius 1 is 1.22 bits per heavy atom. The molecular weight excluding hydrogens is 338 g/mol. The van der Waals surface area contributed by atoms with Crippen molar-refractivity contribution < 1.29 is 4.79 Å². The van der Waals surface area contributed by atoms with Gasteiger partial charge in [0.25, 0.3) is 5.91 Å².